The number of pyridine rings is 1. The van der Waals surface area contributed by atoms with Gasteiger partial charge in [-0.1, -0.05) is 12.1 Å². The number of anilines is 1. The molecule has 1 amide bonds. The predicted octanol–water partition coefficient (Wildman–Crippen LogP) is 4.11. The molecule has 0 aliphatic carbocycles. The third kappa shape index (κ3) is 4.43. The van der Waals surface area contributed by atoms with Crippen molar-refractivity contribution >= 4 is 33.1 Å². The Bertz CT molecular complexity index is 1050. The summed E-state index contributed by atoms with van der Waals surface area (Å²) in [4.78, 5) is 25.0. The van der Waals surface area contributed by atoms with Crippen LogP contribution in [-0.4, -0.2) is 66.5 Å². The summed E-state index contributed by atoms with van der Waals surface area (Å²) >= 11 is 1.40. The van der Waals surface area contributed by atoms with Crippen LogP contribution in [0.2, 0.25) is 0 Å². The fourth-order valence-corrected chi connectivity index (χ4v) is 5.79. The summed E-state index contributed by atoms with van der Waals surface area (Å²) in [6.45, 7) is 6.63. The van der Waals surface area contributed by atoms with E-state index in [0.717, 1.165) is 69.2 Å². The molecule has 4 heterocycles. The molecule has 0 saturated carbocycles. The summed E-state index contributed by atoms with van der Waals surface area (Å²) in [6.07, 6.45) is 4.04. The van der Waals surface area contributed by atoms with E-state index in [1.165, 1.54) is 17.4 Å². The molecule has 7 heteroatoms. The average molecular weight is 439 g/mol. The van der Waals surface area contributed by atoms with Crippen molar-refractivity contribution in [3.05, 3.63) is 59.4 Å². The lowest BCUT2D eigenvalue weighted by atomic mass is 9.97. The fraction of sp³-hybridized carbons (Fsp3) is 0.417. The minimum absolute atomic E-state index is 0.0465. The van der Waals surface area contributed by atoms with E-state index in [2.05, 4.69) is 20.9 Å². The van der Waals surface area contributed by atoms with E-state index >= 15 is 0 Å². The van der Waals surface area contributed by atoms with Gasteiger partial charge >= 0.3 is 0 Å². The van der Waals surface area contributed by atoms with Gasteiger partial charge in [-0.3, -0.25) is 9.69 Å². The quantitative estimate of drug-likeness (QED) is 0.615. The molecule has 3 aromatic rings. The SMILES string of the molecule is O=C(c1cc2c(F)cccc2s1)N1CCCC(CN2CCN(c3ccccn3)CC2)C1. The number of rotatable bonds is 4. The molecule has 2 aliphatic heterocycles. The molecule has 5 rings (SSSR count). The zero-order chi connectivity index (χ0) is 21.2. The average Bonchev–Trinajstić information content (AvgIpc) is 3.26. The van der Waals surface area contributed by atoms with Crippen LogP contribution in [0.4, 0.5) is 10.2 Å². The first-order chi connectivity index (χ1) is 15.2. The second-order valence-corrected chi connectivity index (χ2v) is 9.58. The minimum atomic E-state index is -0.255. The van der Waals surface area contributed by atoms with Crippen LogP contribution in [0.15, 0.2) is 48.7 Å². The van der Waals surface area contributed by atoms with Gasteiger partial charge in [0, 0.05) is 62.1 Å². The largest absolute Gasteiger partial charge is 0.354 e. The number of benzene rings is 1. The number of amides is 1. The third-order valence-corrected chi connectivity index (χ3v) is 7.48. The van der Waals surface area contributed by atoms with Crippen molar-refractivity contribution in [3.63, 3.8) is 0 Å². The third-order valence-electron chi connectivity index (χ3n) is 6.39. The molecule has 0 N–H and O–H groups in total. The van der Waals surface area contributed by atoms with Gasteiger partial charge in [-0.2, -0.15) is 0 Å². The van der Waals surface area contributed by atoms with Crippen LogP contribution in [-0.2, 0) is 0 Å². The lowest BCUT2D eigenvalue weighted by molar-refractivity contribution is 0.0642. The molecule has 2 aliphatic rings. The zero-order valence-electron chi connectivity index (χ0n) is 17.5. The molecule has 2 saturated heterocycles. The molecule has 31 heavy (non-hydrogen) atoms. The Labute approximate surface area is 186 Å². The number of nitrogens with zero attached hydrogens (tertiary/aromatic N) is 4. The number of halogens is 1. The maximum atomic E-state index is 14.0. The Balaban J connectivity index is 1.18. The number of likely N-dealkylation sites (tertiary alicyclic amines) is 1. The fourth-order valence-electron chi connectivity index (χ4n) is 4.75. The minimum Gasteiger partial charge on any atom is -0.354 e. The summed E-state index contributed by atoms with van der Waals surface area (Å²) in [6, 6.07) is 12.8. The van der Waals surface area contributed by atoms with Gasteiger partial charge in [-0.25, -0.2) is 9.37 Å². The summed E-state index contributed by atoms with van der Waals surface area (Å²) < 4.78 is 14.9. The smallest absolute Gasteiger partial charge is 0.263 e. The Morgan fingerprint density at radius 3 is 2.74 bits per heavy atom. The van der Waals surface area contributed by atoms with Crippen molar-refractivity contribution in [2.24, 2.45) is 5.92 Å². The molecular formula is C24H27FN4OS. The molecule has 0 radical (unpaired) electrons. The normalized spacial score (nSPS) is 20.4. The van der Waals surface area contributed by atoms with Gasteiger partial charge in [0.2, 0.25) is 0 Å². The van der Waals surface area contributed by atoms with Gasteiger partial charge < -0.3 is 9.80 Å². The number of hydrogen-bond donors (Lipinski definition) is 0. The number of piperidine rings is 1. The van der Waals surface area contributed by atoms with Crippen molar-refractivity contribution in [1.29, 1.82) is 0 Å². The first-order valence-corrected chi connectivity index (χ1v) is 11.8. The lowest BCUT2D eigenvalue weighted by Crippen LogP contribution is -2.50. The monoisotopic (exact) mass is 438 g/mol. The first kappa shape index (κ1) is 20.4. The van der Waals surface area contributed by atoms with Crippen molar-refractivity contribution in [2.75, 3.05) is 50.7 Å². The molecule has 5 nitrogen and oxygen atoms in total. The lowest BCUT2D eigenvalue weighted by Gasteiger charge is -2.39. The maximum Gasteiger partial charge on any atom is 0.263 e. The molecule has 1 atom stereocenters. The van der Waals surface area contributed by atoms with E-state index in [0.29, 0.717) is 16.2 Å². The van der Waals surface area contributed by atoms with Crippen molar-refractivity contribution < 1.29 is 9.18 Å². The van der Waals surface area contributed by atoms with Crippen molar-refractivity contribution in [3.8, 4) is 0 Å². The van der Waals surface area contributed by atoms with E-state index in [4.69, 9.17) is 0 Å². The van der Waals surface area contributed by atoms with Gasteiger partial charge in [-0.05, 0) is 49.1 Å². The van der Waals surface area contributed by atoms with Gasteiger partial charge in [0.15, 0.2) is 0 Å². The molecule has 0 spiro atoms. The number of aromatic nitrogens is 1. The number of carbonyl (C=O) groups is 1. The Hall–Kier alpha value is -2.51. The molecule has 0 bridgehead atoms. The molecular weight excluding hydrogens is 411 g/mol. The van der Waals surface area contributed by atoms with Crippen LogP contribution >= 0.6 is 11.3 Å². The van der Waals surface area contributed by atoms with Gasteiger partial charge in [0.25, 0.3) is 5.91 Å². The zero-order valence-corrected chi connectivity index (χ0v) is 18.4. The Morgan fingerprint density at radius 1 is 1.10 bits per heavy atom. The van der Waals surface area contributed by atoms with Crippen LogP contribution in [0.25, 0.3) is 10.1 Å². The number of carbonyl (C=O) groups excluding carboxylic acids is 1. The molecule has 1 unspecified atom stereocenters. The van der Waals surface area contributed by atoms with Crippen LogP contribution in [0, 0.1) is 11.7 Å². The summed E-state index contributed by atoms with van der Waals surface area (Å²) in [7, 11) is 0. The highest BCUT2D eigenvalue weighted by molar-refractivity contribution is 7.20. The van der Waals surface area contributed by atoms with Crippen LogP contribution in [0.1, 0.15) is 22.5 Å². The maximum absolute atomic E-state index is 14.0. The van der Waals surface area contributed by atoms with Gasteiger partial charge in [0.1, 0.15) is 11.6 Å². The molecule has 2 aromatic heterocycles. The topological polar surface area (TPSA) is 39.7 Å². The van der Waals surface area contributed by atoms with E-state index in [1.807, 2.05) is 29.3 Å². The first-order valence-electron chi connectivity index (χ1n) is 11.0. The van der Waals surface area contributed by atoms with E-state index in [9.17, 15) is 9.18 Å². The van der Waals surface area contributed by atoms with Crippen LogP contribution in [0.3, 0.4) is 0 Å². The Morgan fingerprint density at radius 2 is 1.97 bits per heavy atom. The highest BCUT2D eigenvalue weighted by Gasteiger charge is 2.28. The molecule has 1 aromatic carbocycles. The highest BCUT2D eigenvalue weighted by Crippen LogP contribution is 2.30. The molecule has 162 valence electrons. The summed E-state index contributed by atoms with van der Waals surface area (Å²) in [5, 5.41) is 0.551. The molecule has 2 fully saturated rings. The number of thiophene rings is 1. The number of fused-ring (bicyclic) bond motifs is 1. The number of piperazine rings is 1. The van der Waals surface area contributed by atoms with E-state index in [-0.39, 0.29) is 11.7 Å². The summed E-state index contributed by atoms with van der Waals surface area (Å²) in [5.41, 5.74) is 0. The Kier molecular flexibility index (Phi) is 5.87. The standard InChI is InChI=1S/C24H27FN4OS/c25-20-6-3-7-21-19(20)15-22(31-21)24(30)29-10-4-5-18(17-29)16-27-11-13-28(14-12-27)23-8-1-2-9-26-23/h1-3,6-9,15,18H,4-5,10-14,16-17H2. The van der Waals surface area contributed by atoms with Crippen molar-refractivity contribution in [1.82, 2.24) is 14.8 Å². The second-order valence-electron chi connectivity index (χ2n) is 8.50. The van der Waals surface area contributed by atoms with Crippen LogP contribution < -0.4 is 4.90 Å². The summed E-state index contributed by atoms with van der Waals surface area (Å²) in [5.74, 6) is 1.33. The van der Waals surface area contributed by atoms with Crippen molar-refractivity contribution in [2.45, 2.75) is 12.8 Å². The highest BCUT2D eigenvalue weighted by atomic mass is 32.1. The van der Waals surface area contributed by atoms with Gasteiger partial charge in [0.05, 0.1) is 4.88 Å². The predicted molar refractivity (Wildman–Crippen MR) is 123 cm³/mol. The number of hydrogen-bond acceptors (Lipinski definition) is 5. The van der Waals surface area contributed by atoms with E-state index in [1.54, 1.807) is 12.1 Å². The van der Waals surface area contributed by atoms with Gasteiger partial charge in [-0.15, -0.1) is 11.3 Å². The van der Waals surface area contributed by atoms with E-state index < -0.39 is 0 Å². The van der Waals surface area contributed by atoms with Crippen LogP contribution in [0.5, 0.6) is 0 Å². The second kappa shape index (κ2) is 8.93.